The molecule has 0 aliphatic heterocycles. The highest BCUT2D eigenvalue weighted by Crippen LogP contribution is 2.32. The smallest absolute Gasteiger partial charge is 0.241 e. The number of rotatable bonds is 7. The zero-order chi connectivity index (χ0) is 24.3. The SMILES string of the molecule is Cn1cnnc1[C@H](Cc1cccc(C#N)c1)NS(=O)(=O)c1cccc(-c2ccc(Cl)cc2Cl)c1. The van der Waals surface area contributed by atoms with E-state index in [0.717, 1.165) is 5.56 Å². The molecule has 1 N–H and O–H groups in total. The van der Waals surface area contributed by atoms with Gasteiger partial charge in [-0.1, -0.05) is 53.5 Å². The summed E-state index contributed by atoms with van der Waals surface area (Å²) < 4.78 is 31.2. The Labute approximate surface area is 207 Å². The van der Waals surface area contributed by atoms with Crippen LogP contribution < -0.4 is 4.72 Å². The summed E-state index contributed by atoms with van der Waals surface area (Å²) in [6.45, 7) is 0. The third-order valence-electron chi connectivity index (χ3n) is 5.24. The standard InChI is InChI=1S/C24H19Cl2N5O2S/c1-31-15-28-29-24(31)23(11-16-4-2-5-17(10-16)14-27)30-34(32,33)20-7-3-6-18(12-20)21-9-8-19(25)13-22(21)26/h2-10,12-13,15,23,30H,11H2,1H3/t23-/m0/s1. The number of sulfonamides is 1. The zero-order valence-electron chi connectivity index (χ0n) is 18.0. The molecule has 1 aromatic heterocycles. The quantitative estimate of drug-likeness (QED) is 0.379. The Morgan fingerprint density at radius 3 is 2.59 bits per heavy atom. The molecule has 7 nitrogen and oxygen atoms in total. The molecule has 1 atom stereocenters. The van der Waals surface area contributed by atoms with E-state index in [-0.39, 0.29) is 11.3 Å². The first-order chi connectivity index (χ1) is 16.3. The van der Waals surface area contributed by atoms with Crippen LogP contribution in [0, 0.1) is 11.3 Å². The monoisotopic (exact) mass is 511 g/mol. The summed E-state index contributed by atoms with van der Waals surface area (Å²) in [5, 5.41) is 18.1. The van der Waals surface area contributed by atoms with Crippen molar-refractivity contribution in [3.63, 3.8) is 0 Å². The van der Waals surface area contributed by atoms with Gasteiger partial charge in [0.05, 0.1) is 22.6 Å². The molecule has 0 saturated carbocycles. The Bertz CT molecular complexity index is 1500. The van der Waals surface area contributed by atoms with E-state index < -0.39 is 16.1 Å². The Kier molecular flexibility index (Phi) is 7.00. The first kappa shape index (κ1) is 23.9. The van der Waals surface area contributed by atoms with Crippen molar-refractivity contribution < 1.29 is 8.42 Å². The van der Waals surface area contributed by atoms with E-state index in [1.54, 1.807) is 66.2 Å². The molecule has 0 spiro atoms. The van der Waals surface area contributed by atoms with Crippen LogP contribution in [0.2, 0.25) is 10.0 Å². The van der Waals surface area contributed by atoms with Crippen molar-refractivity contribution >= 4 is 33.2 Å². The molecular weight excluding hydrogens is 493 g/mol. The Balaban J connectivity index is 1.68. The van der Waals surface area contributed by atoms with Gasteiger partial charge in [-0.2, -0.15) is 5.26 Å². The molecule has 0 aliphatic carbocycles. The minimum absolute atomic E-state index is 0.0777. The molecule has 0 amide bonds. The lowest BCUT2D eigenvalue weighted by atomic mass is 10.0. The fourth-order valence-corrected chi connectivity index (χ4v) is 5.36. The lowest BCUT2D eigenvalue weighted by molar-refractivity contribution is 0.533. The number of nitrogens with one attached hydrogen (secondary N) is 1. The second-order valence-electron chi connectivity index (χ2n) is 7.64. The van der Waals surface area contributed by atoms with Crippen molar-refractivity contribution in [2.75, 3.05) is 0 Å². The zero-order valence-corrected chi connectivity index (χ0v) is 20.3. The Hall–Kier alpha value is -3.22. The molecule has 0 bridgehead atoms. The van der Waals surface area contributed by atoms with Gasteiger partial charge in [0.1, 0.15) is 6.33 Å². The average Bonchev–Trinajstić information content (AvgIpc) is 3.24. The van der Waals surface area contributed by atoms with Crippen LogP contribution in [-0.4, -0.2) is 23.2 Å². The van der Waals surface area contributed by atoms with E-state index >= 15 is 0 Å². The van der Waals surface area contributed by atoms with E-state index in [9.17, 15) is 13.7 Å². The van der Waals surface area contributed by atoms with Gasteiger partial charge >= 0.3 is 0 Å². The Morgan fingerprint density at radius 2 is 1.88 bits per heavy atom. The maximum atomic E-state index is 13.4. The molecule has 10 heteroatoms. The van der Waals surface area contributed by atoms with Crippen molar-refractivity contribution in [2.45, 2.75) is 17.4 Å². The molecule has 0 saturated heterocycles. The third kappa shape index (κ3) is 5.29. The topological polar surface area (TPSA) is 101 Å². The number of halogens is 2. The minimum atomic E-state index is -3.95. The van der Waals surface area contributed by atoms with Gasteiger partial charge in [-0.3, -0.25) is 0 Å². The third-order valence-corrected chi connectivity index (χ3v) is 7.26. The highest BCUT2D eigenvalue weighted by Gasteiger charge is 2.25. The number of benzene rings is 3. The van der Waals surface area contributed by atoms with Crippen LogP contribution in [-0.2, 0) is 23.5 Å². The van der Waals surface area contributed by atoms with Crippen molar-refractivity contribution in [1.29, 1.82) is 5.26 Å². The van der Waals surface area contributed by atoms with Crippen LogP contribution in [0.4, 0.5) is 0 Å². The van der Waals surface area contributed by atoms with Gasteiger partial charge in [0.25, 0.3) is 0 Å². The number of hydrogen-bond acceptors (Lipinski definition) is 5. The predicted molar refractivity (Wildman–Crippen MR) is 131 cm³/mol. The molecule has 0 unspecified atom stereocenters. The predicted octanol–water partition coefficient (Wildman–Crippen LogP) is 4.92. The molecule has 3 aromatic carbocycles. The fraction of sp³-hybridized carbons (Fsp3) is 0.125. The summed E-state index contributed by atoms with van der Waals surface area (Å²) in [6, 6.07) is 20.0. The highest BCUT2D eigenvalue weighted by atomic mass is 35.5. The van der Waals surface area contributed by atoms with E-state index in [1.807, 2.05) is 6.07 Å². The Morgan fingerprint density at radius 1 is 1.09 bits per heavy atom. The van der Waals surface area contributed by atoms with Crippen molar-refractivity contribution in [1.82, 2.24) is 19.5 Å². The molecule has 0 radical (unpaired) electrons. The van der Waals surface area contributed by atoms with Crippen molar-refractivity contribution in [2.24, 2.45) is 7.05 Å². The van der Waals surface area contributed by atoms with Gasteiger partial charge in [-0.15, -0.1) is 10.2 Å². The van der Waals surface area contributed by atoms with Gasteiger partial charge in [0.15, 0.2) is 5.82 Å². The number of aromatic nitrogens is 3. The highest BCUT2D eigenvalue weighted by molar-refractivity contribution is 7.89. The average molecular weight is 512 g/mol. The number of nitrogens with zero attached hydrogens (tertiary/aromatic N) is 4. The summed E-state index contributed by atoms with van der Waals surface area (Å²) in [4.78, 5) is 0.0777. The number of aryl methyl sites for hydroxylation is 1. The van der Waals surface area contributed by atoms with E-state index in [4.69, 9.17) is 23.2 Å². The van der Waals surface area contributed by atoms with Crippen LogP contribution in [0.5, 0.6) is 0 Å². The van der Waals surface area contributed by atoms with Crippen LogP contribution in [0.3, 0.4) is 0 Å². The van der Waals surface area contributed by atoms with Crippen LogP contribution >= 0.6 is 23.2 Å². The molecule has 4 rings (SSSR count). The fourth-order valence-electron chi connectivity index (χ4n) is 3.61. The van der Waals surface area contributed by atoms with Gasteiger partial charge in [-0.05, 0) is 53.9 Å². The van der Waals surface area contributed by atoms with E-state index in [2.05, 4.69) is 21.0 Å². The molecular formula is C24H19Cl2N5O2S. The van der Waals surface area contributed by atoms with E-state index in [1.165, 1.54) is 12.4 Å². The second-order valence-corrected chi connectivity index (χ2v) is 10.2. The molecule has 4 aromatic rings. The normalized spacial score (nSPS) is 12.3. The number of nitriles is 1. The van der Waals surface area contributed by atoms with Gasteiger partial charge in [0, 0.05) is 22.7 Å². The summed E-state index contributed by atoms with van der Waals surface area (Å²) in [7, 11) is -2.21. The lowest BCUT2D eigenvalue weighted by Gasteiger charge is -2.19. The summed E-state index contributed by atoms with van der Waals surface area (Å²) >= 11 is 12.3. The maximum Gasteiger partial charge on any atom is 0.241 e. The van der Waals surface area contributed by atoms with Gasteiger partial charge in [-0.25, -0.2) is 13.1 Å². The minimum Gasteiger partial charge on any atom is -0.319 e. The van der Waals surface area contributed by atoms with Gasteiger partial charge in [0.2, 0.25) is 10.0 Å². The first-order valence-corrected chi connectivity index (χ1v) is 12.4. The van der Waals surface area contributed by atoms with Crippen molar-refractivity contribution in [3.8, 4) is 17.2 Å². The largest absolute Gasteiger partial charge is 0.319 e. The molecule has 1 heterocycles. The molecule has 172 valence electrons. The van der Waals surface area contributed by atoms with Gasteiger partial charge < -0.3 is 4.57 Å². The molecule has 34 heavy (non-hydrogen) atoms. The van der Waals surface area contributed by atoms with Crippen LogP contribution in [0.1, 0.15) is 23.0 Å². The van der Waals surface area contributed by atoms with Crippen molar-refractivity contribution in [3.05, 3.63) is 100 Å². The van der Waals surface area contributed by atoms with Crippen LogP contribution in [0.25, 0.3) is 11.1 Å². The molecule has 0 fully saturated rings. The second kappa shape index (κ2) is 9.95. The first-order valence-electron chi connectivity index (χ1n) is 10.2. The number of hydrogen-bond donors (Lipinski definition) is 1. The lowest BCUT2D eigenvalue weighted by Crippen LogP contribution is -2.32. The summed E-state index contributed by atoms with van der Waals surface area (Å²) in [5.41, 5.74) is 2.59. The summed E-state index contributed by atoms with van der Waals surface area (Å²) in [5.74, 6) is 0.447. The summed E-state index contributed by atoms with van der Waals surface area (Å²) in [6.07, 6.45) is 1.79. The van der Waals surface area contributed by atoms with Crippen LogP contribution in [0.15, 0.2) is 78.0 Å². The maximum absolute atomic E-state index is 13.4. The molecule has 0 aliphatic rings. The van der Waals surface area contributed by atoms with E-state index in [0.29, 0.717) is 32.6 Å².